The van der Waals surface area contributed by atoms with Crippen LogP contribution in [0, 0.1) is 0 Å². The molecule has 10 heavy (non-hydrogen) atoms. The summed E-state index contributed by atoms with van der Waals surface area (Å²) in [5.41, 5.74) is 0. The first-order valence-corrected chi connectivity index (χ1v) is 4.67. The van der Waals surface area contributed by atoms with Gasteiger partial charge in [-0.2, -0.15) is 0 Å². The van der Waals surface area contributed by atoms with Crippen LogP contribution in [0.3, 0.4) is 0 Å². The van der Waals surface area contributed by atoms with Crippen LogP contribution in [0.15, 0.2) is 0 Å². The third kappa shape index (κ3) is 8.09. The lowest BCUT2D eigenvalue weighted by Gasteiger charge is -1.97. The van der Waals surface area contributed by atoms with Gasteiger partial charge >= 0.3 is 0 Å². The van der Waals surface area contributed by atoms with Crippen LogP contribution >= 0.6 is 12.2 Å². The van der Waals surface area contributed by atoms with Gasteiger partial charge in [-0.1, -0.05) is 44.8 Å². The van der Waals surface area contributed by atoms with Crippen LogP contribution < -0.4 is 0 Å². The van der Waals surface area contributed by atoms with E-state index in [4.69, 9.17) is 12.2 Å². The van der Waals surface area contributed by atoms with E-state index in [-0.39, 0.29) is 0 Å². The molecule has 0 aromatic carbocycles. The minimum atomic E-state index is 1.15. The summed E-state index contributed by atoms with van der Waals surface area (Å²) in [6.45, 7) is 4.28. The highest BCUT2D eigenvalue weighted by molar-refractivity contribution is 7.80. The van der Waals surface area contributed by atoms with E-state index in [1.54, 1.807) is 0 Å². The Labute approximate surface area is 70.0 Å². The third-order valence-electron chi connectivity index (χ3n) is 1.63. The average Bonchev–Trinajstić information content (AvgIpc) is 1.87. The predicted molar refractivity (Wildman–Crippen MR) is 51.6 cm³/mol. The molecule has 0 bridgehead atoms. The van der Waals surface area contributed by atoms with Gasteiger partial charge in [0.1, 0.15) is 0 Å². The van der Waals surface area contributed by atoms with Crippen LogP contribution in [0.25, 0.3) is 0 Å². The van der Waals surface area contributed by atoms with Gasteiger partial charge < -0.3 is 0 Å². The van der Waals surface area contributed by atoms with Crippen molar-refractivity contribution >= 4 is 17.1 Å². The van der Waals surface area contributed by atoms with E-state index in [0.29, 0.717) is 0 Å². The molecule has 1 heteroatoms. The summed E-state index contributed by atoms with van der Waals surface area (Å²) in [5, 5.41) is 0. The molecule has 0 aliphatic carbocycles. The van der Waals surface area contributed by atoms with Gasteiger partial charge in [-0.15, -0.1) is 0 Å². The summed E-state index contributed by atoms with van der Waals surface area (Å²) in [4.78, 5) is 1.16. The SMILES string of the molecule is CCCCCCCC(C)=S. The van der Waals surface area contributed by atoms with Gasteiger partial charge in [0.05, 0.1) is 0 Å². The molecule has 0 fully saturated rings. The van der Waals surface area contributed by atoms with E-state index in [1.165, 1.54) is 32.1 Å². The Kier molecular flexibility index (Phi) is 7.26. The second kappa shape index (κ2) is 7.20. The second-order valence-electron chi connectivity index (χ2n) is 2.87. The van der Waals surface area contributed by atoms with Gasteiger partial charge in [0.25, 0.3) is 0 Å². The normalized spacial score (nSPS) is 9.80. The molecule has 0 radical (unpaired) electrons. The zero-order valence-electron chi connectivity index (χ0n) is 7.15. The van der Waals surface area contributed by atoms with Gasteiger partial charge in [-0.3, -0.25) is 0 Å². The Balaban J connectivity index is 2.84. The van der Waals surface area contributed by atoms with Crippen molar-refractivity contribution in [3.8, 4) is 0 Å². The molecular weight excluding hydrogens is 140 g/mol. The highest BCUT2D eigenvalue weighted by Crippen LogP contribution is 2.05. The molecule has 0 heterocycles. The fourth-order valence-electron chi connectivity index (χ4n) is 0.977. The molecule has 60 valence electrons. The van der Waals surface area contributed by atoms with E-state index in [1.807, 2.05) is 6.92 Å². The fourth-order valence-corrected chi connectivity index (χ4v) is 1.12. The smallest absolute Gasteiger partial charge is 0.0102 e. The first-order chi connectivity index (χ1) is 4.77. The fraction of sp³-hybridized carbons (Fsp3) is 0.889. The highest BCUT2D eigenvalue weighted by Gasteiger charge is 1.89. The van der Waals surface area contributed by atoms with Crippen LogP contribution in [0.2, 0.25) is 0 Å². The van der Waals surface area contributed by atoms with Crippen LogP contribution in [0.5, 0.6) is 0 Å². The molecule has 0 aromatic heterocycles. The van der Waals surface area contributed by atoms with Crippen LogP contribution in [-0.2, 0) is 0 Å². The van der Waals surface area contributed by atoms with Crippen molar-refractivity contribution < 1.29 is 0 Å². The lowest BCUT2D eigenvalue weighted by molar-refractivity contribution is 0.644. The Morgan fingerprint density at radius 2 is 1.70 bits per heavy atom. The van der Waals surface area contributed by atoms with Crippen LogP contribution in [0.4, 0.5) is 0 Å². The number of rotatable bonds is 6. The zero-order chi connectivity index (χ0) is 7.82. The van der Waals surface area contributed by atoms with Gasteiger partial charge in [0.15, 0.2) is 0 Å². The Hall–Kier alpha value is 0.0900. The van der Waals surface area contributed by atoms with E-state index in [9.17, 15) is 0 Å². The minimum absolute atomic E-state index is 1.15. The van der Waals surface area contributed by atoms with Gasteiger partial charge in [0, 0.05) is 0 Å². The number of hydrogen-bond donors (Lipinski definition) is 0. The third-order valence-corrected chi connectivity index (χ3v) is 1.84. The zero-order valence-corrected chi connectivity index (χ0v) is 7.97. The summed E-state index contributed by atoms with van der Waals surface area (Å²) in [5.74, 6) is 0. The predicted octanol–water partition coefficient (Wildman–Crippen LogP) is 3.74. The van der Waals surface area contributed by atoms with Crippen LogP contribution in [0.1, 0.15) is 52.4 Å². The molecule has 0 nitrogen and oxygen atoms in total. The van der Waals surface area contributed by atoms with Crippen molar-refractivity contribution in [3.05, 3.63) is 0 Å². The molecule has 0 saturated carbocycles. The Bertz CT molecular complexity index is 86.7. The molecule has 0 aliphatic rings. The quantitative estimate of drug-likeness (QED) is 0.419. The topological polar surface area (TPSA) is 0 Å². The summed E-state index contributed by atoms with van der Waals surface area (Å²) >= 11 is 4.97. The van der Waals surface area contributed by atoms with Crippen LogP contribution in [-0.4, -0.2) is 4.86 Å². The highest BCUT2D eigenvalue weighted by atomic mass is 32.1. The molecule has 0 aromatic rings. The minimum Gasteiger partial charge on any atom is -0.0900 e. The first kappa shape index (κ1) is 10.1. The van der Waals surface area contributed by atoms with Crippen molar-refractivity contribution in [1.29, 1.82) is 0 Å². The van der Waals surface area contributed by atoms with E-state index in [2.05, 4.69) is 6.92 Å². The van der Waals surface area contributed by atoms with Crippen molar-refractivity contribution in [2.75, 3.05) is 0 Å². The summed E-state index contributed by atoms with van der Waals surface area (Å²) in [6, 6.07) is 0. The van der Waals surface area contributed by atoms with Gasteiger partial charge in [0.2, 0.25) is 0 Å². The maximum absolute atomic E-state index is 4.97. The standard InChI is InChI=1S/C9H18S/c1-3-4-5-6-7-8-9(2)10/h3-8H2,1-2H3. The van der Waals surface area contributed by atoms with E-state index in [0.717, 1.165) is 11.3 Å². The molecule has 0 rings (SSSR count). The number of thiocarbonyl (C=S) groups is 1. The van der Waals surface area contributed by atoms with E-state index >= 15 is 0 Å². The molecule has 0 unspecified atom stereocenters. The second-order valence-corrected chi connectivity index (χ2v) is 3.56. The lowest BCUT2D eigenvalue weighted by Crippen LogP contribution is -1.85. The molecule has 0 N–H and O–H groups in total. The molecular formula is C9H18S. The van der Waals surface area contributed by atoms with Crippen molar-refractivity contribution in [1.82, 2.24) is 0 Å². The number of unbranched alkanes of at least 4 members (excludes halogenated alkanes) is 4. The maximum Gasteiger partial charge on any atom is -0.0102 e. The summed E-state index contributed by atoms with van der Waals surface area (Å²) in [6.07, 6.45) is 7.92. The molecule has 0 saturated heterocycles. The largest absolute Gasteiger partial charge is 0.0900 e. The molecule has 0 spiro atoms. The first-order valence-electron chi connectivity index (χ1n) is 4.26. The maximum atomic E-state index is 4.97. The van der Waals surface area contributed by atoms with Crippen molar-refractivity contribution in [2.45, 2.75) is 52.4 Å². The average molecular weight is 158 g/mol. The Morgan fingerprint density at radius 3 is 2.20 bits per heavy atom. The van der Waals surface area contributed by atoms with Crippen molar-refractivity contribution in [3.63, 3.8) is 0 Å². The molecule has 0 amide bonds. The summed E-state index contributed by atoms with van der Waals surface area (Å²) < 4.78 is 0. The Morgan fingerprint density at radius 1 is 1.10 bits per heavy atom. The van der Waals surface area contributed by atoms with E-state index < -0.39 is 0 Å². The molecule has 0 aliphatic heterocycles. The summed E-state index contributed by atoms with van der Waals surface area (Å²) in [7, 11) is 0. The lowest BCUT2D eigenvalue weighted by atomic mass is 10.1. The monoisotopic (exact) mass is 158 g/mol. The van der Waals surface area contributed by atoms with Gasteiger partial charge in [-0.05, 0) is 24.6 Å². The van der Waals surface area contributed by atoms with Crippen molar-refractivity contribution in [2.24, 2.45) is 0 Å². The van der Waals surface area contributed by atoms with Gasteiger partial charge in [-0.25, -0.2) is 0 Å². The number of hydrogen-bond acceptors (Lipinski definition) is 1. The molecule has 0 atom stereocenters.